The fourth-order valence-corrected chi connectivity index (χ4v) is 6.48. The van der Waals surface area contributed by atoms with Crippen molar-refractivity contribution in [2.45, 2.75) is 70.7 Å². The maximum Gasteiger partial charge on any atom is 0.263 e. The molecule has 1 amide bonds. The van der Waals surface area contributed by atoms with Crippen LogP contribution in [0.25, 0.3) is 11.0 Å². The third-order valence-corrected chi connectivity index (χ3v) is 9.24. The monoisotopic (exact) mass is 469 g/mol. The fraction of sp³-hybridized carbons (Fsp3) is 0.625. The van der Waals surface area contributed by atoms with Crippen LogP contribution in [0.1, 0.15) is 52.9 Å². The lowest BCUT2D eigenvalue weighted by Crippen LogP contribution is -2.34. The van der Waals surface area contributed by atoms with E-state index in [2.05, 4.69) is 41.3 Å². The molecule has 5 rings (SSSR count). The summed E-state index contributed by atoms with van der Waals surface area (Å²) in [6.45, 7) is 8.05. The van der Waals surface area contributed by atoms with Crippen LogP contribution in [-0.2, 0) is 16.1 Å². The van der Waals surface area contributed by atoms with Gasteiger partial charge in [0.2, 0.25) is 0 Å². The predicted octanol–water partition coefficient (Wildman–Crippen LogP) is 3.38. The molecule has 2 aromatic heterocycles. The third-order valence-electron chi connectivity index (χ3n) is 8.27. The van der Waals surface area contributed by atoms with Crippen LogP contribution in [0.4, 0.5) is 0 Å². The Hall–Kier alpha value is -2.26. The topological polar surface area (TPSA) is 98.5 Å². The van der Waals surface area contributed by atoms with E-state index in [0.717, 1.165) is 31.4 Å². The van der Waals surface area contributed by atoms with Gasteiger partial charge in [-0.3, -0.25) is 14.2 Å². The minimum Gasteiger partial charge on any atom is -0.376 e. The van der Waals surface area contributed by atoms with Crippen molar-refractivity contribution in [1.82, 2.24) is 20.0 Å². The number of pyridine rings is 1. The molecule has 1 saturated heterocycles. The molecule has 3 atom stereocenters. The van der Waals surface area contributed by atoms with Crippen molar-refractivity contribution in [2.24, 2.45) is 21.8 Å². The number of fused-ring (bicyclic) bond motifs is 3. The van der Waals surface area contributed by atoms with E-state index in [1.807, 2.05) is 0 Å². The highest BCUT2D eigenvalue weighted by Gasteiger charge is 2.60. The SMILES string of the molecule is CC12CCC(C/C1=N/NC(=O)CSc1nc3ncccc3c(=O)n1CC1CCCO1)C2(C)C. The lowest BCUT2D eigenvalue weighted by molar-refractivity contribution is -0.118. The molecule has 1 N–H and O–H groups in total. The minimum atomic E-state index is -0.198. The van der Waals surface area contributed by atoms with E-state index in [4.69, 9.17) is 4.74 Å². The first-order valence-electron chi connectivity index (χ1n) is 11.8. The van der Waals surface area contributed by atoms with E-state index in [1.54, 1.807) is 22.9 Å². The summed E-state index contributed by atoms with van der Waals surface area (Å²) in [4.78, 5) is 34.6. The van der Waals surface area contributed by atoms with Gasteiger partial charge in [-0.1, -0.05) is 32.5 Å². The van der Waals surface area contributed by atoms with Crippen LogP contribution >= 0.6 is 11.8 Å². The zero-order valence-corrected chi connectivity index (χ0v) is 20.3. The van der Waals surface area contributed by atoms with Gasteiger partial charge in [0, 0.05) is 23.9 Å². The highest BCUT2D eigenvalue weighted by Crippen LogP contribution is 2.63. The molecule has 3 fully saturated rings. The number of nitrogens with zero attached hydrogens (tertiary/aromatic N) is 4. The van der Waals surface area contributed by atoms with Gasteiger partial charge in [0.1, 0.15) is 0 Å². The van der Waals surface area contributed by atoms with Crippen LogP contribution < -0.4 is 11.0 Å². The molecule has 176 valence electrons. The molecule has 3 unspecified atom stereocenters. The van der Waals surface area contributed by atoms with Gasteiger partial charge in [0.25, 0.3) is 11.5 Å². The maximum absolute atomic E-state index is 13.1. The van der Waals surface area contributed by atoms with Gasteiger partial charge in [0.05, 0.1) is 23.8 Å². The molecular formula is C24H31N5O3S. The molecular weight excluding hydrogens is 438 g/mol. The lowest BCUT2D eigenvalue weighted by Gasteiger charge is -2.34. The van der Waals surface area contributed by atoms with E-state index < -0.39 is 0 Å². The van der Waals surface area contributed by atoms with E-state index in [0.29, 0.717) is 35.3 Å². The standard InChI is InChI=1S/C24H31N5O3S/c1-23(2)15-8-9-24(23,3)18(12-15)27-28-19(30)14-33-22-26-20-17(7-4-10-25-20)21(31)29(22)13-16-6-5-11-32-16/h4,7,10,15-16H,5-6,8-9,11-14H2,1-3H3,(H,28,30)/b27-18-. The van der Waals surface area contributed by atoms with Crippen LogP contribution in [0.3, 0.4) is 0 Å². The normalized spacial score (nSPS) is 29.2. The number of ether oxygens (including phenoxy) is 1. The second kappa shape index (κ2) is 8.51. The number of carbonyl (C=O) groups excluding carboxylic acids is 1. The van der Waals surface area contributed by atoms with Crippen molar-refractivity contribution < 1.29 is 9.53 Å². The molecule has 0 aromatic carbocycles. The highest BCUT2D eigenvalue weighted by molar-refractivity contribution is 7.99. The van der Waals surface area contributed by atoms with E-state index in [9.17, 15) is 9.59 Å². The van der Waals surface area contributed by atoms with Crippen molar-refractivity contribution in [3.63, 3.8) is 0 Å². The zero-order chi connectivity index (χ0) is 23.2. The van der Waals surface area contributed by atoms with Crippen LogP contribution in [-0.4, -0.2) is 44.6 Å². The molecule has 3 heterocycles. The number of hydrazone groups is 1. The van der Waals surface area contributed by atoms with E-state index in [-0.39, 0.29) is 34.2 Å². The Morgan fingerprint density at radius 3 is 2.91 bits per heavy atom. The number of hydrogen-bond donors (Lipinski definition) is 1. The molecule has 9 heteroatoms. The van der Waals surface area contributed by atoms with Gasteiger partial charge in [-0.2, -0.15) is 5.10 Å². The van der Waals surface area contributed by atoms with E-state index in [1.165, 1.54) is 18.2 Å². The number of nitrogens with one attached hydrogen (secondary N) is 1. The molecule has 0 radical (unpaired) electrons. The summed E-state index contributed by atoms with van der Waals surface area (Å²) in [5, 5.41) is 5.50. The summed E-state index contributed by atoms with van der Waals surface area (Å²) in [7, 11) is 0. The summed E-state index contributed by atoms with van der Waals surface area (Å²) < 4.78 is 7.37. The number of carbonyl (C=O) groups is 1. The summed E-state index contributed by atoms with van der Waals surface area (Å²) in [6.07, 6.45) is 6.82. The van der Waals surface area contributed by atoms with Crippen LogP contribution in [0.5, 0.6) is 0 Å². The van der Waals surface area contributed by atoms with E-state index >= 15 is 0 Å². The van der Waals surface area contributed by atoms with Crippen LogP contribution in [0.15, 0.2) is 33.4 Å². The summed E-state index contributed by atoms with van der Waals surface area (Å²) in [5.41, 5.74) is 4.37. The number of thioether (sulfide) groups is 1. The largest absolute Gasteiger partial charge is 0.376 e. The first-order chi connectivity index (χ1) is 15.8. The fourth-order valence-electron chi connectivity index (χ4n) is 5.69. The average Bonchev–Trinajstić information content (AvgIpc) is 3.44. The first kappa shape index (κ1) is 22.5. The minimum absolute atomic E-state index is 0.0138. The smallest absolute Gasteiger partial charge is 0.263 e. The molecule has 3 aliphatic rings. The summed E-state index contributed by atoms with van der Waals surface area (Å²) in [5.74, 6) is 0.557. The van der Waals surface area contributed by atoms with Gasteiger partial charge in [-0.25, -0.2) is 15.4 Å². The average molecular weight is 470 g/mol. The zero-order valence-electron chi connectivity index (χ0n) is 19.5. The van der Waals surface area contributed by atoms with Crippen molar-refractivity contribution in [1.29, 1.82) is 0 Å². The van der Waals surface area contributed by atoms with Gasteiger partial charge in [-0.15, -0.1) is 0 Å². The Balaban J connectivity index is 1.32. The number of aromatic nitrogens is 3. The molecule has 1 aliphatic heterocycles. The maximum atomic E-state index is 13.1. The van der Waals surface area contributed by atoms with Crippen molar-refractivity contribution in [3.8, 4) is 0 Å². The number of amides is 1. The van der Waals surface area contributed by atoms with Crippen LogP contribution in [0, 0.1) is 16.7 Å². The Labute approximate surface area is 197 Å². The Kier molecular flexibility index (Phi) is 5.81. The summed E-state index contributed by atoms with van der Waals surface area (Å²) >= 11 is 1.24. The number of rotatable bonds is 6. The van der Waals surface area contributed by atoms with Gasteiger partial charge in [0.15, 0.2) is 10.8 Å². The van der Waals surface area contributed by atoms with Crippen LogP contribution in [0.2, 0.25) is 0 Å². The number of hydrogen-bond acceptors (Lipinski definition) is 7. The van der Waals surface area contributed by atoms with Crippen molar-refractivity contribution in [3.05, 3.63) is 28.7 Å². The second-order valence-electron chi connectivity index (χ2n) is 10.2. The lowest BCUT2D eigenvalue weighted by atomic mass is 9.70. The molecule has 2 saturated carbocycles. The van der Waals surface area contributed by atoms with Crippen molar-refractivity contribution in [2.75, 3.05) is 12.4 Å². The molecule has 8 nitrogen and oxygen atoms in total. The summed E-state index contributed by atoms with van der Waals surface area (Å²) in [6, 6.07) is 3.47. The first-order valence-corrected chi connectivity index (χ1v) is 12.7. The molecule has 2 bridgehead atoms. The third kappa shape index (κ3) is 3.89. The van der Waals surface area contributed by atoms with Crippen molar-refractivity contribution >= 4 is 34.4 Å². The Morgan fingerprint density at radius 2 is 2.21 bits per heavy atom. The molecule has 0 spiro atoms. The molecule has 33 heavy (non-hydrogen) atoms. The second-order valence-corrected chi connectivity index (χ2v) is 11.1. The highest BCUT2D eigenvalue weighted by atomic mass is 32.2. The Morgan fingerprint density at radius 1 is 1.36 bits per heavy atom. The molecule has 2 aliphatic carbocycles. The van der Waals surface area contributed by atoms with Gasteiger partial charge >= 0.3 is 0 Å². The predicted molar refractivity (Wildman–Crippen MR) is 128 cm³/mol. The molecule has 2 aromatic rings. The van der Waals surface area contributed by atoms with Gasteiger partial charge in [-0.05, 0) is 55.6 Å². The quantitative estimate of drug-likeness (QED) is 0.396. The Bertz CT molecular complexity index is 1170. The van der Waals surface area contributed by atoms with Gasteiger partial charge < -0.3 is 4.74 Å².